The van der Waals surface area contributed by atoms with Crippen LogP contribution in [0.4, 0.5) is 11.4 Å². The quantitative estimate of drug-likeness (QED) is 0.681. The van der Waals surface area contributed by atoms with Crippen molar-refractivity contribution in [1.29, 1.82) is 0 Å². The van der Waals surface area contributed by atoms with Crippen LogP contribution < -0.4 is 15.8 Å². The second-order valence-corrected chi connectivity index (χ2v) is 5.37. The van der Waals surface area contributed by atoms with Crippen LogP contribution in [0.3, 0.4) is 0 Å². The smallest absolute Gasteiger partial charge is 0.144 e. The lowest BCUT2D eigenvalue weighted by atomic mass is 10.0. The predicted octanol–water partition coefficient (Wildman–Crippen LogP) is 2.63. The van der Waals surface area contributed by atoms with Gasteiger partial charge in [0.15, 0.2) is 0 Å². The molecule has 0 aliphatic carbocycles. The van der Waals surface area contributed by atoms with Crippen molar-refractivity contribution in [3.63, 3.8) is 0 Å². The summed E-state index contributed by atoms with van der Waals surface area (Å²) in [6, 6.07) is 5.69. The Morgan fingerprint density at radius 2 is 2.06 bits per heavy atom. The van der Waals surface area contributed by atoms with E-state index in [-0.39, 0.29) is 18.2 Å². The van der Waals surface area contributed by atoms with Crippen LogP contribution in [0.2, 0.25) is 0 Å². The van der Waals surface area contributed by atoms with Gasteiger partial charge in [-0.1, -0.05) is 6.07 Å². The van der Waals surface area contributed by atoms with E-state index >= 15 is 0 Å². The number of ether oxygens (including phenoxy) is 1. The second-order valence-electron chi connectivity index (χ2n) is 5.37. The van der Waals surface area contributed by atoms with Gasteiger partial charge in [0, 0.05) is 12.1 Å². The van der Waals surface area contributed by atoms with E-state index in [1.165, 1.54) is 0 Å². The summed E-state index contributed by atoms with van der Waals surface area (Å²) in [7, 11) is 0. The van der Waals surface area contributed by atoms with Crippen LogP contribution in [0.15, 0.2) is 18.2 Å². The van der Waals surface area contributed by atoms with Gasteiger partial charge in [-0.3, -0.25) is 0 Å². The van der Waals surface area contributed by atoms with E-state index in [0.717, 1.165) is 5.69 Å². The summed E-state index contributed by atoms with van der Waals surface area (Å²) in [5, 5.41) is 12.4. The van der Waals surface area contributed by atoms with Crippen LogP contribution >= 0.6 is 0 Å². The molecule has 0 saturated heterocycles. The molecule has 18 heavy (non-hydrogen) atoms. The molecule has 102 valence electrons. The summed E-state index contributed by atoms with van der Waals surface area (Å²) < 4.78 is 5.65. The number of hydrogen-bond donors (Lipinski definition) is 3. The van der Waals surface area contributed by atoms with Crippen LogP contribution in [-0.4, -0.2) is 23.4 Å². The fraction of sp³-hybridized carbons (Fsp3) is 0.571. The highest BCUT2D eigenvalue weighted by atomic mass is 16.5. The molecule has 0 fully saturated rings. The Hall–Kier alpha value is -1.42. The van der Waals surface area contributed by atoms with E-state index < -0.39 is 0 Å². The van der Waals surface area contributed by atoms with Gasteiger partial charge in [-0.05, 0) is 46.2 Å². The summed E-state index contributed by atoms with van der Waals surface area (Å²) in [6.07, 6.45) is 0.745. The normalized spacial score (nSPS) is 11.7. The first kappa shape index (κ1) is 14.6. The largest absolute Gasteiger partial charge is 0.489 e. The molecule has 1 aromatic carbocycles. The SMILES string of the molecule is CC(C)Oc1cccc(NC(C)(C)CCO)c1N. The Morgan fingerprint density at radius 3 is 2.61 bits per heavy atom. The van der Waals surface area contributed by atoms with E-state index in [1.807, 2.05) is 45.9 Å². The minimum Gasteiger partial charge on any atom is -0.489 e. The Kier molecular flexibility index (Phi) is 4.84. The topological polar surface area (TPSA) is 67.5 Å². The molecule has 1 rings (SSSR count). The van der Waals surface area contributed by atoms with E-state index in [4.69, 9.17) is 15.6 Å². The molecule has 0 aliphatic rings. The maximum Gasteiger partial charge on any atom is 0.144 e. The van der Waals surface area contributed by atoms with Gasteiger partial charge in [0.2, 0.25) is 0 Å². The third-order valence-corrected chi connectivity index (χ3v) is 2.64. The fourth-order valence-corrected chi connectivity index (χ4v) is 1.72. The highest BCUT2D eigenvalue weighted by Gasteiger charge is 2.18. The minimum atomic E-state index is -0.209. The average molecular weight is 252 g/mol. The molecule has 0 amide bonds. The zero-order chi connectivity index (χ0) is 13.8. The fourth-order valence-electron chi connectivity index (χ4n) is 1.72. The van der Waals surface area contributed by atoms with E-state index in [1.54, 1.807) is 0 Å². The molecular formula is C14H24N2O2. The lowest BCUT2D eigenvalue weighted by molar-refractivity contribution is 0.244. The standard InChI is InChI=1S/C14H24N2O2/c1-10(2)18-12-7-5-6-11(13(12)15)16-14(3,4)8-9-17/h5-7,10,16-17H,8-9,15H2,1-4H3. The molecule has 4 N–H and O–H groups in total. The number of aliphatic hydroxyl groups excluding tert-OH is 1. The molecule has 0 saturated carbocycles. The van der Waals surface area contributed by atoms with Crippen LogP contribution in [0.25, 0.3) is 0 Å². The molecule has 0 aliphatic heterocycles. The molecule has 1 aromatic rings. The molecule has 0 aromatic heterocycles. The Balaban J connectivity index is 2.90. The minimum absolute atomic E-state index is 0.0907. The van der Waals surface area contributed by atoms with Crippen molar-refractivity contribution < 1.29 is 9.84 Å². The summed E-state index contributed by atoms with van der Waals surface area (Å²) >= 11 is 0. The van der Waals surface area contributed by atoms with Crippen molar-refractivity contribution in [1.82, 2.24) is 0 Å². The van der Waals surface area contributed by atoms with Gasteiger partial charge in [-0.2, -0.15) is 0 Å². The molecule has 0 radical (unpaired) electrons. The van der Waals surface area contributed by atoms with Crippen LogP contribution in [0, 0.1) is 0 Å². The van der Waals surface area contributed by atoms with Gasteiger partial charge in [-0.15, -0.1) is 0 Å². The molecule has 4 nitrogen and oxygen atoms in total. The third-order valence-electron chi connectivity index (χ3n) is 2.64. The van der Waals surface area contributed by atoms with Crippen molar-refractivity contribution >= 4 is 11.4 Å². The summed E-state index contributed by atoms with van der Waals surface area (Å²) in [4.78, 5) is 0. The Morgan fingerprint density at radius 1 is 1.39 bits per heavy atom. The number of nitrogens with one attached hydrogen (secondary N) is 1. The highest BCUT2D eigenvalue weighted by molar-refractivity contribution is 5.73. The average Bonchev–Trinajstić information content (AvgIpc) is 2.23. The molecule has 0 unspecified atom stereocenters. The van der Waals surface area contributed by atoms with E-state index in [9.17, 15) is 0 Å². The maximum atomic E-state index is 9.03. The number of benzene rings is 1. The molecular weight excluding hydrogens is 228 g/mol. The van der Waals surface area contributed by atoms with Crippen molar-refractivity contribution in [2.75, 3.05) is 17.7 Å². The number of anilines is 2. The lowest BCUT2D eigenvalue weighted by Gasteiger charge is -2.28. The lowest BCUT2D eigenvalue weighted by Crippen LogP contribution is -2.32. The highest BCUT2D eigenvalue weighted by Crippen LogP contribution is 2.32. The first-order valence-electron chi connectivity index (χ1n) is 6.30. The number of hydrogen-bond acceptors (Lipinski definition) is 4. The number of nitrogens with two attached hydrogens (primary N) is 1. The zero-order valence-corrected chi connectivity index (χ0v) is 11.7. The monoisotopic (exact) mass is 252 g/mol. The van der Waals surface area contributed by atoms with Gasteiger partial charge in [0.05, 0.1) is 17.5 Å². The van der Waals surface area contributed by atoms with E-state index in [0.29, 0.717) is 17.9 Å². The summed E-state index contributed by atoms with van der Waals surface area (Å²) in [6.45, 7) is 8.13. The van der Waals surface area contributed by atoms with Crippen LogP contribution in [0.1, 0.15) is 34.1 Å². The Labute approximate surface area is 109 Å². The zero-order valence-electron chi connectivity index (χ0n) is 11.7. The maximum absolute atomic E-state index is 9.03. The summed E-state index contributed by atoms with van der Waals surface area (Å²) in [5.74, 6) is 0.690. The number of nitrogen functional groups attached to an aromatic ring is 1. The number of aliphatic hydroxyl groups is 1. The van der Waals surface area contributed by atoms with E-state index in [2.05, 4.69) is 5.32 Å². The van der Waals surface area contributed by atoms with Gasteiger partial charge < -0.3 is 20.9 Å². The first-order valence-corrected chi connectivity index (χ1v) is 6.30. The molecule has 0 atom stereocenters. The predicted molar refractivity (Wildman–Crippen MR) is 76.0 cm³/mol. The molecule has 0 heterocycles. The molecule has 4 heteroatoms. The third kappa shape index (κ3) is 4.11. The van der Waals surface area contributed by atoms with Crippen molar-refractivity contribution in [2.24, 2.45) is 0 Å². The van der Waals surface area contributed by atoms with Crippen molar-refractivity contribution in [3.05, 3.63) is 18.2 Å². The van der Waals surface area contributed by atoms with Gasteiger partial charge in [0.25, 0.3) is 0 Å². The van der Waals surface area contributed by atoms with Gasteiger partial charge in [0.1, 0.15) is 5.75 Å². The number of rotatable bonds is 6. The van der Waals surface area contributed by atoms with Gasteiger partial charge >= 0.3 is 0 Å². The molecule has 0 spiro atoms. The van der Waals surface area contributed by atoms with Crippen molar-refractivity contribution in [2.45, 2.75) is 45.8 Å². The van der Waals surface area contributed by atoms with Crippen LogP contribution in [-0.2, 0) is 0 Å². The number of para-hydroxylation sites is 1. The van der Waals surface area contributed by atoms with Crippen LogP contribution in [0.5, 0.6) is 5.75 Å². The molecule has 0 bridgehead atoms. The first-order chi connectivity index (χ1) is 8.35. The Bertz CT molecular complexity index is 389. The second kappa shape index (κ2) is 5.96. The summed E-state index contributed by atoms with van der Waals surface area (Å²) in [5.41, 5.74) is 7.32. The van der Waals surface area contributed by atoms with Gasteiger partial charge in [-0.25, -0.2) is 0 Å². The van der Waals surface area contributed by atoms with Crippen molar-refractivity contribution in [3.8, 4) is 5.75 Å².